The predicted molar refractivity (Wildman–Crippen MR) is 82.1 cm³/mol. The van der Waals surface area contributed by atoms with Crippen LogP contribution in [0.4, 0.5) is 16.4 Å². The molecule has 1 aromatic heterocycles. The highest BCUT2D eigenvalue weighted by atomic mass is 32.2. The Balaban J connectivity index is 1.70. The van der Waals surface area contributed by atoms with Crippen LogP contribution in [0.1, 0.15) is 19.3 Å². The zero-order chi connectivity index (χ0) is 15.5. The van der Waals surface area contributed by atoms with E-state index in [1.807, 2.05) is 6.07 Å². The molecule has 0 aromatic carbocycles. The lowest BCUT2D eigenvalue weighted by Crippen LogP contribution is -2.27. The molecule has 2 amide bonds. The van der Waals surface area contributed by atoms with Crippen molar-refractivity contribution in [2.75, 3.05) is 29.1 Å². The number of nitrogens with one attached hydrogen (secondary N) is 1. The number of thioether (sulfide) groups is 1. The fraction of sp³-hybridized carbons (Fsp3) is 0.500. The predicted octanol–water partition coefficient (Wildman–Crippen LogP) is 1.61. The average molecular weight is 323 g/mol. The van der Waals surface area contributed by atoms with Gasteiger partial charge in [-0.2, -0.15) is 0 Å². The normalized spacial score (nSPS) is 20.6. The maximum absolute atomic E-state index is 12.0. The second-order valence-corrected chi connectivity index (χ2v) is 6.21. The molecule has 1 saturated heterocycles. The number of unbranched alkanes of at least 4 members (excludes halogenated alkanes) is 1. The van der Waals surface area contributed by atoms with Crippen LogP contribution in [-0.2, 0) is 9.53 Å². The van der Waals surface area contributed by atoms with Gasteiger partial charge >= 0.3 is 6.09 Å². The van der Waals surface area contributed by atoms with Gasteiger partial charge in [-0.15, -0.1) is 11.8 Å². The number of hydrogen-bond donors (Lipinski definition) is 2. The summed E-state index contributed by atoms with van der Waals surface area (Å²) >= 11 is 1.43. The Hall–Kier alpha value is -1.80. The lowest BCUT2D eigenvalue weighted by molar-refractivity contribution is -0.113. The number of aromatic nitrogens is 1. The molecule has 0 radical (unpaired) electrons. The molecule has 22 heavy (non-hydrogen) atoms. The van der Waals surface area contributed by atoms with Crippen LogP contribution >= 0.6 is 11.8 Å². The monoisotopic (exact) mass is 323 g/mol. The minimum atomic E-state index is -0.420. The number of carbonyl (C=O) groups is 2. The van der Waals surface area contributed by atoms with E-state index in [1.165, 1.54) is 16.7 Å². The minimum absolute atomic E-state index is 0.0898. The van der Waals surface area contributed by atoms with Crippen LogP contribution in [-0.4, -0.2) is 47.1 Å². The highest BCUT2D eigenvalue weighted by molar-refractivity contribution is 8.00. The van der Waals surface area contributed by atoms with Crippen LogP contribution < -0.4 is 10.2 Å². The molecule has 3 heterocycles. The van der Waals surface area contributed by atoms with E-state index in [1.54, 1.807) is 6.07 Å². The van der Waals surface area contributed by atoms with Gasteiger partial charge in [-0.05, 0) is 31.4 Å². The van der Waals surface area contributed by atoms with Crippen molar-refractivity contribution >= 4 is 35.4 Å². The summed E-state index contributed by atoms with van der Waals surface area (Å²) in [6, 6.07) is 3.62. The standard InChI is InChI=1S/C14H17N3O4S/c18-6-2-1-3-9-7-17(14(20)21-9)11-5-4-10-13(15-11)16-12(19)8-22-10/h4-5,9,18H,1-3,6-8H2,(H,15,16,19). The fourth-order valence-electron chi connectivity index (χ4n) is 2.45. The smallest absolute Gasteiger partial charge is 0.415 e. The zero-order valence-corrected chi connectivity index (χ0v) is 12.8. The average Bonchev–Trinajstić information content (AvgIpc) is 2.87. The van der Waals surface area contributed by atoms with Crippen molar-refractivity contribution in [3.05, 3.63) is 12.1 Å². The van der Waals surface area contributed by atoms with Gasteiger partial charge in [0, 0.05) is 6.61 Å². The second-order valence-electron chi connectivity index (χ2n) is 5.19. The Labute approximate surface area is 132 Å². The van der Waals surface area contributed by atoms with Crippen LogP contribution in [0.25, 0.3) is 0 Å². The van der Waals surface area contributed by atoms with E-state index in [0.29, 0.717) is 30.4 Å². The quantitative estimate of drug-likeness (QED) is 0.800. The molecular formula is C14H17N3O4S. The Morgan fingerprint density at radius 3 is 3.09 bits per heavy atom. The number of carbonyl (C=O) groups excluding carboxylic acids is 2. The summed E-state index contributed by atoms with van der Waals surface area (Å²) in [5.41, 5.74) is 0. The van der Waals surface area contributed by atoms with E-state index in [0.717, 1.165) is 17.7 Å². The van der Waals surface area contributed by atoms with Gasteiger partial charge in [0.2, 0.25) is 5.91 Å². The molecule has 2 aliphatic heterocycles. The molecule has 1 fully saturated rings. The van der Waals surface area contributed by atoms with Crippen molar-refractivity contribution < 1.29 is 19.4 Å². The highest BCUT2D eigenvalue weighted by Gasteiger charge is 2.33. The molecule has 3 rings (SSSR count). The van der Waals surface area contributed by atoms with Gasteiger partial charge < -0.3 is 15.2 Å². The summed E-state index contributed by atoms with van der Waals surface area (Å²) in [6.07, 6.45) is 1.64. The van der Waals surface area contributed by atoms with Gasteiger partial charge in [0.1, 0.15) is 17.7 Å². The molecule has 0 bridgehead atoms. The summed E-state index contributed by atoms with van der Waals surface area (Å²) in [4.78, 5) is 30.1. The van der Waals surface area contributed by atoms with E-state index in [-0.39, 0.29) is 18.6 Å². The van der Waals surface area contributed by atoms with E-state index >= 15 is 0 Å². The lowest BCUT2D eigenvalue weighted by Gasteiger charge is -2.18. The molecule has 2 N–H and O–H groups in total. The van der Waals surface area contributed by atoms with E-state index in [4.69, 9.17) is 9.84 Å². The number of aliphatic hydroxyl groups is 1. The second kappa shape index (κ2) is 6.53. The number of hydrogen-bond acceptors (Lipinski definition) is 6. The first-order valence-electron chi connectivity index (χ1n) is 7.20. The number of ether oxygens (including phenoxy) is 1. The molecule has 2 aliphatic rings. The topological polar surface area (TPSA) is 91.8 Å². The number of pyridine rings is 1. The highest BCUT2D eigenvalue weighted by Crippen LogP contribution is 2.32. The summed E-state index contributed by atoms with van der Waals surface area (Å²) < 4.78 is 5.31. The van der Waals surface area contributed by atoms with E-state index in [2.05, 4.69) is 10.3 Å². The molecule has 1 atom stereocenters. The molecule has 0 saturated carbocycles. The number of anilines is 2. The third-order valence-corrected chi connectivity index (χ3v) is 4.59. The number of rotatable bonds is 5. The first-order valence-corrected chi connectivity index (χ1v) is 8.18. The summed E-state index contributed by atoms with van der Waals surface area (Å²) in [5, 5.41) is 11.5. The van der Waals surface area contributed by atoms with Crippen molar-refractivity contribution in [2.24, 2.45) is 0 Å². The maximum Gasteiger partial charge on any atom is 0.415 e. The van der Waals surface area contributed by atoms with Crippen molar-refractivity contribution in [3.8, 4) is 0 Å². The van der Waals surface area contributed by atoms with E-state index in [9.17, 15) is 9.59 Å². The first kappa shape index (κ1) is 15.1. The van der Waals surface area contributed by atoms with Gasteiger partial charge in [-0.25, -0.2) is 9.78 Å². The first-order chi connectivity index (χ1) is 10.7. The van der Waals surface area contributed by atoms with Gasteiger partial charge in [0.05, 0.1) is 17.2 Å². The van der Waals surface area contributed by atoms with Gasteiger partial charge in [-0.3, -0.25) is 9.69 Å². The lowest BCUT2D eigenvalue weighted by atomic mass is 10.1. The number of cyclic esters (lactones) is 1. The Morgan fingerprint density at radius 2 is 2.27 bits per heavy atom. The van der Waals surface area contributed by atoms with Crippen molar-refractivity contribution in [1.82, 2.24) is 4.98 Å². The van der Waals surface area contributed by atoms with Gasteiger partial charge in [0.15, 0.2) is 0 Å². The number of fused-ring (bicyclic) bond motifs is 1. The van der Waals surface area contributed by atoms with Crippen molar-refractivity contribution in [3.63, 3.8) is 0 Å². The third-order valence-electron chi connectivity index (χ3n) is 3.54. The third kappa shape index (κ3) is 3.17. The van der Waals surface area contributed by atoms with Crippen LogP contribution in [0.2, 0.25) is 0 Å². The number of nitrogens with zero attached hydrogens (tertiary/aromatic N) is 2. The molecule has 118 valence electrons. The SMILES string of the molecule is O=C1CSc2ccc(N3CC(CCCCO)OC3=O)nc2N1. The number of aliphatic hydroxyl groups excluding tert-OH is 1. The minimum Gasteiger partial charge on any atom is -0.444 e. The Morgan fingerprint density at radius 1 is 1.41 bits per heavy atom. The molecule has 0 spiro atoms. The van der Waals surface area contributed by atoms with Crippen LogP contribution in [0.15, 0.2) is 17.0 Å². The molecular weight excluding hydrogens is 306 g/mol. The van der Waals surface area contributed by atoms with Gasteiger partial charge in [0.25, 0.3) is 0 Å². The molecule has 1 aromatic rings. The van der Waals surface area contributed by atoms with E-state index < -0.39 is 6.09 Å². The maximum atomic E-state index is 12.0. The summed E-state index contributed by atoms with van der Waals surface area (Å²) in [7, 11) is 0. The van der Waals surface area contributed by atoms with Crippen molar-refractivity contribution in [2.45, 2.75) is 30.3 Å². The van der Waals surface area contributed by atoms with Crippen LogP contribution in [0.3, 0.4) is 0 Å². The van der Waals surface area contributed by atoms with Crippen molar-refractivity contribution in [1.29, 1.82) is 0 Å². The Kier molecular flexibility index (Phi) is 4.49. The fourth-order valence-corrected chi connectivity index (χ4v) is 3.20. The molecule has 7 nitrogen and oxygen atoms in total. The molecule has 1 unspecified atom stereocenters. The Bertz CT molecular complexity index is 595. The largest absolute Gasteiger partial charge is 0.444 e. The number of amides is 2. The summed E-state index contributed by atoms with van der Waals surface area (Å²) in [6.45, 7) is 0.589. The zero-order valence-electron chi connectivity index (χ0n) is 11.9. The van der Waals surface area contributed by atoms with Crippen LogP contribution in [0, 0.1) is 0 Å². The summed E-state index contributed by atoms with van der Waals surface area (Å²) in [5.74, 6) is 1.27. The molecule has 8 heteroatoms. The molecule has 0 aliphatic carbocycles. The van der Waals surface area contributed by atoms with Crippen LogP contribution in [0.5, 0.6) is 0 Å². The van der Waals surface area contributed by atoms with Gasteiger partial charge in [-0.1, -0.05) is 0 Å².